The first kappa shape index (κ1) is 20.9. The van der Waals surface area contributed by atoms with Gasteiger partial charge in [-0.25, -0.2) is 15.0 Å². The molecule has 0 saturated carbocycles. The first-order valence-electron chi connectivity index (χ1n) is 9.77. The van der Waals surface area contributed by atoms with Crippen LogP contribution in [-0.2, 0) is 17.6 Å². The van der Waals surface area contributed by atoms with E-state index in [-0.39, 0.29) is 5.97 Å². The standard InChI is InChI=1S/C21H25N3O4S/c1-3-27-15-11-9-14(10-12-15)13-22-24-21(26)23-19-18(20(25)28-4-2)16-7-5-6-8-17(16)29-19/h9-13H,3-8H2,1-2H3,(H2,23,24,26). The molecule has 0 fully saturated rings. The van der Waals surface area contributed by atoms with Gasteiger partial charge >= 0.3 is 12.0 Å². The molecule has 1 aromatic heterocycles. The molecular weight excluding hydrogens is 390 g/mol. The number of anilines is 1. The van der Waals surface area contributed by atoms with E-state index in [4.69, 9.17) is 9.47 Å². The number of hydrogen-bond acceptors (Lipinski definition) is 6. The number of carbonyl (C=O) groups excluding carboxylic acids is 2. The van der Waals surface area contributed by atoms with Gasteiger partial charge in [-0.3, -0.25) is 5.32 Å². The van der Waals surface area contributed by atoms with Crippen LogP contribution in [0.4, 0.5) is 9.80 Å². The molecule has 7 nitrogen and oxygen atoms in total. The molecule has 1 aliphatic carbocycles. The maximum absolute atomic E-state index is 12.4. The lowest BCUT2D eigenvalue weighted by Crippen LogP contribution is -2.25. The van der Waals surface area contributed by atoms with Crippen molar-refractivity contribution in [2.45, 2.75) is 39.5 Å². The molecule has 0 bridgehead atoms. The van der Waals surface area contributed by atoms with E-state index in [1.54, 1.807) is 13.1 Å². The normalized spacial score (nSPS) is 13.0. The Bertz CT molecular complexity index is 890. The molecule has 0 unspecified atom stereocenters. The molecule has 2 aromatic rings. The second-order valence-corrected chi connectivity index (χ2v) is 7.57. The minimum Gasteiger partial charge on any atom is -0.494 e. The van der Waals surface area contributed by atoms with E-state index in [1.807, 2.05) is 31.2 Å². The van der Waals surface area contributed by atoms with Crippen molar-refractivity contribution in [1.29, 1.82) is 0 Å². The molecule has 2 N–H and O–H groups in total. The SMILES string of the molecule is CCOC(=O)c1c(NC(=O)NN=Cc2ccc(OCC)cc2)sc2c1CCCC2. The summed E-state index contributed by atoms with van der Waals surface area (Å²) in [6.45, 7) is 4.60. The highest BCUT2D eigenvalue weighted by Gasteiger charge is 2.27. The zero-order valence-electron chi connectivity index (χ0n) is 16.6. The lowest BCUT2D eigenvalue weighted by atomic mass is 9.95. The van der Waals surface area contributed by atoms with Crippen molar-refractivity contribution >= 4 is 34.6 Å². The van der Waals surface area contributed by atoms with Gasteiger partial charge in [0.25, 0.3) is 0 Å². The Labute approximate surface area is 174 Å². The highest BCUT2D eigenvalue weighted by molar-refractivity contribution is 7.17. The monoisotopic (exact) mass is 415 g/mol. The average molecular weight is 416 g/mol. The fourth-order valence-corrected chi connectivity index (χ4v) is 4.46. The van der Waals surface area contributed by atoms with E-state index in [2.05, 4.69) is 15.8 Å². The number of carbonyl (C=O) groups is 2. The molecular formula is C21H25N3O4S. The van der Waals surface area contributed by atoms with Crippen molar-refractivity contribution in [2.24, 2.45) is 5.10 Å². The van der Waals surface area contributed by atoms with Crippen LogP contribution in [0.25, 0.3) is 0 Å². The van der Waals surface area contributed by atoms with Gasteiger partial charge in [0.05, 0.1) is 25.0 Å². The van der Waals surface area contributed by atoms with Crippen LogP contribution >= 0.6 is 11.3 Å². The van der Waals surface area contributed by atoms with Gasteiger partial charge in [0.2, 0.25) is 0 Å². The number of nitrogens with one attached hydrogen (secondary N) is 2. The summed E-state index contributed by atoms with van der Waals surface area (Å²) in [6, 6.07) is 6.87. The number of nitrogens with zero attached hydrogens (tertiary/aromatic N) is 1. The van der Waals surface area contributed by atoms with Crippen molar-refractivity contribution in [3.05, 3.63) is 45.8 Å². The zero-order valence-corrected chi connectivity index (χ0v) is 17.4. The lowest BCUT2D eigenvalue weighted by molar-refractivity contribution is 0.0526. The molecule has 0 radical (unpaired) electrons. The van der Waals surface area contributed by atoms with Crippen LogP contribution < -0.4 is 15.5 Å². The Kier molecular flexibility index (Phi) is 7.24. The summed E-state index contributed by atoms with van der Waals surface area (Å²) in [5.74, 6) is 0.392. The van der Waals surface area contributed by atoms with Crippen molar-refractivity contribution in [2.75, 3.05) is 18.5 Å². The summed E-state index contributed by atoms with van der Waals surface area (Å²) in [7, 11) is 0. The Morgan fingerprint density at radius 1 is 1.14 bits per heavy atom. The van der Waals surface area contributed by atoms with Crippen LogP contribution in [-0.4, -0.2) is 31.4 Å². The molecule has 0 saturated heterocycles. The highest BCUT2D eigenvalue weighted by Crippen LogP contribution is 2.38. The number of thiophene rings is 1. The molecule has 29 heavy (non-hydrogen) atoms. The highest BCUT2D eigenvalue weighted by atomic mass is 32.1. The van der Waals surface area contributed by atoms with Gasteiger partial charge in [-0.1, -0.05) is 0 Å². The minimum atomic E-state index is -0.503. The smallest absolute Gasteiger partial charge is 0.341 e. The Balaban J connectivity index is 1.65. The second-order valence-electron chi connectivity index (χ2n) is 6.46. The molecule has 0 spiro atoms. The third-order valence-corrected chi connectivity index (χ3v) is 5.66. The number of esters is 1. The predicted molar refractivity (Wildman–Crippen MR) is 114 cm³/mol. The number of ether oxygens (including phenoxy) is 2. The molecule has 0 atom stereocenters. The summed E-state index contributed by atoms with van der Waals surface area (Å²) >= 11 is 1.44. The molecule has 8 heteroatoms. The summed E-state index contributed by atoms with van der Waals surface area (Å²) in [6.07, 6.45) is 5.42. The van der Waals surface area contributed by atoms with Crippen molar-refractivity contribution < 1.29 is 19.1 Å². The van der Waals surface area contributed by atoms with Gasteiger partial charge < -0.3 is 9.47 Å². The van der Waals surface area contributed by atoms with Crippen molar-refractivity contribution in [3.8, 4) is 5.75 Å². The van der Waals surface area contributed by atoms with E-state index in [0.717, 1.165) is 47.4 Å². The first-order valence-corrected chi connectivity index (χ1v) is 10.6. The van der Waals surface area contributed by atoms with E-state index in [0.29, 0.717) is 23.8 Å². The summed E-state index contributed by atoms with van der Waals surface area (Å²) in [4.78, 5) is 25.9. The maximum atomic E-state index is 12.4. The zero-order chi connectivity index (χ0) is 20.6. The first-order chi connectivity index (χ1) is 14.1. The fourth-order valence-electron chi connectivity index (χ4n) is 3.19. The molecule has 1 aromatic carbocycles. The summed E-state index contributed by atoms with van der Waals surface area (Å²) < 4.78 is 10.6. The molecule has 2 amide bonds. The predicted octanol–water partition coefficient (Wildman–Crippen LogP) is 4.36. The van der Waals surface area contributed by atoms with Crippen LogP contribution in [0.5, 0.6) is 5.75 Å². The van der Waals surface area contributed by atoms with E-state index in [1.165, 1.54) is 11.3 Å². The number of urea groups is 1. The van der Waals surface area contributed by atoms with Crippen LogP contribution in [0, 0.1) is 0 Å². The molecule has 0 aliphatic heterocycles. The Hall–Kier alpha value is -2.87. The van der Waals surface area contributed by atoms with Crippen LogP contribution in [0.15, 0.2) is 29.4 Å². The van der Waals surface area contributed by atoms with Gasteiger partial charge in [0.15, 0.2) is 0 Å². The number of benzene rings is 1. The van der Waals surface area contributed by atoms with Gasteiger partial charge in [-0.05, 0) is 74.9 Å². The quantitative estimate of drug-likeness (QED) is 0.399. The minimum absolute atomic E-state index is 0.293. The van der Waals surface area contributed by atoms with E-state index < -0.39 is 6.03 Å². The molecule has 3 rings (SSSR count). The van der Waals surface area contributed by atoms with Crippen molar-refractivity contribution in [1.82, 2.24) is 5.43 Å². The van der Waals surface area contributed by atoms with Crippen LogP contribution in [0.3, 0.4) is 0 Å². The number of fused-ring (bicyclic) bond motifs is 1. The third kappa shape index (κ3) is 5.35. The molecule has 1 aliphatic rings. The van der Waals surface area contributed by atoms with Gasteiger partial charge in [-0.2, -0.15) is 5.10 Å². The number of aryl methyl sites for hydroxylation is 1. The van der Waals surface area contributed by atoms with E-state index >= 15 is 0 Å². The van der Waals surface area contributed by atoms with Gasteiger partial charge in [0, 0.05) is 4.88 Å². The Morgan fingerprint density at radius 2 is 1.90 bits per heavy atom. The number of hydrazone groups is 1. The number of rotatable bonds is 7. The largest absolute Gasteiger partial charge is 0.494 e. The molecule has 1 heterocycles. The summed E-state index contributed by atoms with van der Waals surface area (Å²) in [5, 5.41) is 7.24. The fraction of sp³-hybridized carbons (Fsp3) is 0.381. The van der Waals surface area contributed by atoms with Gasteiger partial charge in [0.1, 0.15) is 10.8 Å². The number of hydrogen-bond donors (Lipinski definition) is 2. The van der Waals surface area contributed by atoms with Crippen LogP contribution in [0.2, 0.25) is 0 Å². The van der Waals surface area contributed by atoms with Crippen LogP contribution in [0.1, 0.15) is 53.1 Å². The number of amides is 2. The van der Waals surface area contributed by atoms with E-state index in [9.17, 15) is 9.59 Å². The topological polar surface area (TPSA) is 89.0 Å². The maximum Gasteiger partial charge on any atom is 0.341 e. The average Bonchev–Trinajstić information content (AvgIpc) is 3.07. The van der Waals surface area contributed by atoms with Gasteiger partial charge in [-0.15, -0.1) is 11.3 Å². The van der Waals surface area contributed by atoms with Crippen molar-refractivity contribution in [3.63, 3.8) is 0 Å². The third-order valence-electron chi connectivity index (χ3n) is 4.45. The molecule has 154 valence electrons. The summed E-state index contributed by atoms with van der Waals surface area (Å²) in [5.41, 5.74) is 4.76. The second kappa shape index (κ2) is 10.1. The lowest BCUT2D eigenvalue weighted by Gasteiger charge is -2.12. The Morgan fingerprint density at radius 3 is 2.62 bits per heavy atom.